The molecule has 61 heavy (non-hydrogen) atoms. The Morgan fingerprint density at radius 3 is 1.69 bits per heavy atom. The van der Waals surface area contributed by atoms with Crippen LogP contribution in [0.4, 0.5) is 0 Å². The predicted octanol–water partition coefficient (Wildman–Crippen LogP) is 12.9. The third-order valence-corrected chi connectivity index (χ3v) is 20.0. The molecule has 7 aromatic rings. The molecule has 0 atom stereocenters. The lowest BCUT2D eigenvalue weighted by Crippen LogP contribution is -2.75. The fraction of sp³-hybridized carbons (Fsp3) is 0.276. The zero-order valence-corrected chi connectivity index (χ0v) is 37.1. The molecule has 4 aliphatic rings. The summed E-state index contributed by atoms with van der Waals surface area (Å²) < 4.78 is 14.6. The van der Waals surface area contributed by atoms with Crippen molar-refractivity contribution in [2.75, 3.05) is 0 Å². The topological polar surface area (TPSA) is 18.5 Å². The summed E-state index contributed by atoms with van der Waals surface area (Å²) in [6.07, 6.45) is 10.2. The van der Waals surface area contributed by atoms with Gasteiger partial charge in [0.25, 0.3) is 0 Å². The molecule has 0 unspecified atom stereocenters. The van der Waals surface area contributed by atoms with E-state index >= 15 is 0 Å². The Hall–Kier alpha value is -5.64. The molecule has 7 aromatic carbocycles. The minimum atomic E-state index is -3.09. The van der Waals surface area contributed by atoms with Crippen LogP contribution in [-0.2, 0) is 10.8 Å². The average Bonchev–Trinajstić information content (AvgIpc) is 4.04. The third kappa shape index (κ3) is 6.02. The van der Waals surface area contributed by atoms with Crippen LogP contribution in [-0.4, -0.2) is 8.07 Å². The lowest BCUT2D eigenvalue weighted by Gasteiger charge is -2.40. The first kappa shape index (κ1) is 38.3. The SMILES string of the molecule is CC1(C)c2ccccc2Oc2c1cccc2[Si](c1ccccc1)(c1ccccc1)c1cccc(-c2c(C3CCCC3)ccc3c2Oc2cc(C4CCCC4)ccc2C3(C)C)c1. The number of para-hydroxylation sites is 2. The van der Waals surface area contributed by atoms with Gasteiger partial charge in [0.1, 0.15) is 23.0 Å². The molecule has 0 saturated heterocycles. The monoisotopic (exact) mass is 812 g/mol. The van der Waals surface area contributed by atoms with Crippen molar-refractivity contribution in [3.8, 4) is 34.1 Å². The van der Waals surface area contributed by atoms with Crippen LogP contribution in [0, 0.1) is 0 Å². The van der Waals surface area contributed by atoms with Crippen LogP contribution in [0.15, 0.2) is 158 Å². The molecule has 2 aliphatic carbocycles. The minimum Gasteiger partial charge on any atom is -0.457 e. The van der Waals surface area contributed by atoms with Crippen LogP contribution in [0.5, 0.6) is 23.0 Å². The number of fused-ring (bicyclic) bond motifs is 4. The standard InChI is InChI=1S/C58H56O2Si/c1-57(2)47-29-15-16-31-51(47)59-55-49(57)30-18-32-53(55)61(43-24-7-5-8-25-43,44-26-9-6-10-27-44)45-28-17-23-42(37-45)54-46(40-21-13-14-22-40)34-36-50-56(54)60-52-38-41(39-19-11-12-20-39)33-35-48(52)58(50,3)4/h5-10,15-18,23-40H,11-14,19-22H2,1-4H3. The van der Waals surface area contributed by atoms with Crippen molar-refractivity contribution >= 4 is 28.8 Å². The van der Waals surface area contributed by atoms with Gasteiger partial charge in [-0.15, -0.1) is 0 Å². The molecule has 0 aromatic heterocycles. The lowest BCUT2D eigenvalue weighted by atomic mass is 9.73. The normalized spacial score (nSPS) is 17.7. The van der Waals surface area contributed by atoms with Crippen LogP contribution in [0.1, 0.15) is 124 Å². The highest BCUT2D eigenvalue weighted by Gasteiger charge is 2.47. The van der Waals surface area contributed by atoms with E-state index in [1.54, 1.807) is 0 Å². The van der Waals surface area contributed by atoms with E-state index in [0.717, 1.165) is 23.0 Å². The molecule has 0 radical (unpaired) electrons. The van der Waals surface area contributed by atoms with E-state index in [4.69, 9.17) is 9.47 Å². The van der Waals surface area contributed by atoms with Crippen molar-refractivity contribution in [2.24, 2.45) is 0 Å². The number of hydrogen-bond acceptors (Lipinski definition) is 2. The Balaban J connectivity index is 1.17. The van der Waals surface area contributed by atoms with Gasteiger partial charge in [0.2, 0.25) is 0 Å². The van der Waals surface area contributed by atoms with Crippen molar-refractivity contribution in [3.05, 3.63) is 191 Å². The molecule has 2 saturated carbocycles. The van der Waals surface area contributed by atoms with Crippen molar-refractivity contribution in [2.45, 2.75) is 102 Å². The first-order valence-corrected chi connectivity index (χ1v) is 24.9. The van der Waals surface area contributed by atoms with Crippen molar-refractivity contribution in [3.63, 3.8) is 0 Å². The second-order valence-electron chi connectivity index (χ2n) is 19.3. The number of benzene rings is 7. The maximum atomic E-state index is 7.40. The molecule has 0 spiro atoms. The van der Waals surface area contributed by atoms with Crippen molar-refractivity contribution in [1.29, 1.82) is 0 Å². The minimum absolute atomic E-state index is 0.214. The highest BCUT2D eigenvalue weighted by molar-refractivity contribution is 7.20. The second kappa shape index (κ2) is 14.8. The van der Waals surface area contributed by atoms with Gasteiger partial charge in [-0.05, 0) is 87.1 Å². The van der Waals surface area contributed by atoms with Gasteiger partial charge in [0.05, 0.1) is 0 Å². The molecule has 2 aliphatic heterocycles. The fourth-order valence-corrected chi connectivity index (χ4v) is 16.9. The summed E-state index contributed by atoms with van der Waals surface area (Å²) >= 11 is 0. The van der Waals surface area contributed by atoms with Crippen LogP contribution in [0.2, 0.25) is 0 Å². The average molecular weight is 813 g/mol. The van der Waals surface area contributed by atoms with Crippen LogP contribution in [0.3, 0.4) is 0 Å². The maximum Gasteiger partial charge on any atom is 0.184 e. The molecule has 2 heterocycles. The summed E-state index contributed by atoms with van der Waals surface area (Å²) in [6.45, 7) is 9.51. The molecular weight excluding hydrogens is 757 g/mol. The van der Waals surface area contributed by atoms with Gasteiger partial charge in [0.15, 0.2) is 8.07 Å². The molecule has 2 fully saturated rings. The van der Waals surface area contributed by atoms with Gasteiger partial charge in [-0.2, -0.15) is 0 Å². The van der Waals surface area contributed by atoms with Crippen molar-refractivity contribution < 1.29 is 9.47 Å². The van der Waals surface area contributed by atoms with Gasteiger partial charge in [-0.1, -0.05) is 199 Å². The molecule has 11 rings (SSSR count). The Labute approximate surface area is 363 Å². The number of rotatable bonds is 7. The fourth-order valence-electron chi connectivity index (χ4n) is 12.0. The van der Waals surface area contributed by atoms with E-state index < -0.39 is 8.07 Å². The van der Waals surface area contributed by atoms with Gasteiger partial charge in [-0.25, -0.2) is 0 Å². The van der Waals surface area contributed by atoms with E-state index in [9.17, 15) is 0 Å². The molecule has 0 N–H and O–H groups in total. The van der Waals surface area contributed by atoms with E-state index in [-0.39, 0.29) is 10.8 Å². The lowest BCUT2D eigenvalue weighted by molar-refractivity contribution is 0.417. The molecule has 0 bridgehead atoms. The van der Waals surface area contributed by atoms with E-state index in [0.29, 0.717) is 11.8 Å². The molecule has 304 valence electrons. The maximum absolute atomic E-state index is 7.40. The summed E-state index contributed by atoms with van der Waals surface area (Å²) in [6, 6.07) is 59.9. The highest BCUT2D eigenvalue weighted by Crippen LogP contribution is 2.55. The van der Waals surface area contributed by atoms with E-state index in [1.165, 1.54) is 117 Å². The largest absolute Gasteiger partial charge is 0.457 e. The first-order valence-electron chi connectivity index (χ1n) is 22.9. The Morgan fingerprint density at radius 1 is 0.443 bits per heavy atom. The quantitative estimate of drug-likeness (QED) is 0.118. The summed E-state index contributed by atoms with van der Waals surface area (Å²) in [5.74, 6) is 5.16. The zero-order valence-electron chi connectivity index (χ0n) is 36.1. The number of hydrogen-bond donors (Lipinski definition) is 0. The van der Waals surface area contributed by atoms with Gasteiger partial charge in [0, 0.05) is 38.6 Å². The highest BCUT2D eigenvalue weighted by atomic mass is 28.3. The smallest absolute Gasteiger partial charge is 0.184 e. The zero-order chi connectivity index (χ0) is 41.3. The van der Waals surface area contributed by atoms with Crippen LogP contribution < -0.4 is 30.2 Å². The van der Waals surface area contributed by atoms with Gasteiger partial charge in [-0.3, -0.25) is 0 Å². The van der Waals surface area contributed by atoms with Crippen LogP contribution in [0.25, 0.3) is 11.1 Å². The third-order valence-electron chi connectivity index (χ3n) is 15.2. The molecule has 3 heteroatoms. The molecule has 2 nitrogen and oxygen atoms in total. The summed E-state index contributed by atoms with van der Waals surface area (Å²) in [5.41, 5.74) is 9.95. The van der Waals surface area contributed by atoms with Crippen molar-refractivity contribution in [1.82, 2.24) is 0 Å². The Kier molecular flexibility index (Phi) is 9.27. The Bertz CT molecular complexity index is 2730. The molecular formula is C58H56O2Si. The van der Waals surface area contributed by atoms with Crippen LogP contribution >= 0.6 is 0 Å². The van der Waals surface area contributed by atoms with E-state index in [1.807, 2.05) is 0 Å². The van der Waals surface area contributed by atoms with Gasteiger partial charge >= 0.3 is 0 Å². The van der Waals surface area contributed by atoms with Gasteiger partial charge < -0.3 is 9.47 Å². The summed E-state index contributed by atoms with van der Waals surface area (Å²) in [7, 11) is -3.09. The summed E-state index contributed by atoms with van der Waals surface area (Å²) in [4.78, 5) is 0. The summed E-state index contributed by atoms with van der Waals surface area (Å²) in [5, 5.41) is 5.29. The second-order valence-corrected chi connectivity index (χ2v) is 23.1. The predicted molar refractivity (Wildman–Crippen MR) is 255 cm³/mol. The van der Waals surface area contributed by atoms with E-state index in [2.05, 4.69) is 185 Å². The number of ether oxygens (including phenoxy) is 2. The molecule has 0 amide bonds. The Morgan fingerprint density at radius 2 is 0.984 bits per heavy atom. The first-order chi connectivity index (χ1) is 29.8.